The lowest BCUT2D eigenvalue weighted by Gasteiger charge is -2.24. The number of nitrogens with one attached hydrogen (secondary N) is 2. The van der Waals surface area contributed by atoms with Crippen LogP contribution in [0.4, 0.5) is 15.0 Å². The molecule has 4 N–H and O–H groups in total. The number of carbonyl (C=O) groups is 2. The van der Waals surface area contributed by atoms with Crippen molar-refractivity contribution in [3.8, 4) is 0 Å². The maximum Gasteiger partial charge on any atom is 0.697 e. The van der Waals surface area contributed by atoms with Crippen molar-refractivity contribution in [3.05, 3.63) is 41.3 Å². The number of nitrogens with zero attached hydrogens (tertiary/aromatic N) is 7. The van der Waals surface area contributed by atoms with Gasteiger partial charge >= 0.3 is 21.1 Å². The van der Waals surface area contributed by atoms with Gasteiger partial charge in [0.05, 0.1) is 31.5 Å². The van der Waals surface area contributed by atoms with Crippen molar-refractivity contribution in [1.29, 1.82) is 0 Å². The third-order valence-electron chi connectivity index (χ3n) is 9.38. The Morgan fingerprint density at radius 2 is 1.88 bits per heavy atom. The molecule has 6 heterocycles. The van der Waals surface area contributed by atoms with Crippen LogP contribution in [0.2, 0.25) is 0 Å². The summed E-state index contributed by atoms with van der Waals surface area (Å²) >= 11 is 4.54. The lowest BCUT2D eigenvalue weighted by atomic mass is 10.0. The van der Waals surface area contributed by atoms with Crippen LogP contribution < -0.4 is 10.9 Å². The first-order valence-electron chi connectivity index (χ1n) is 18.3. The fourth-order valence-corrected chi connectivity index (χ4v) is 7.82. The second-order valence-electron chi connectivity index (χ2n) is 15.0. The Morgan fingerprint density at radius 1 is 1.12 bits per heavy atom. The van der Waals surface area contributed by atoms with Gasteiger partial charge in [0.1, 0.15) is 43.0 Å². The number of hydrogen-bond acceptors (Lipinski definition) is 15. The zero-order valence-electron chi connectivity index (χ0n) is 32.2. The molecule has 316 valence electrons. The SMILES string of the molecule is C[C@H]1C[C@H](n2cnc3c(NC(=O)CCCN(C)C(=O)OC(C)(C)C)ncnc32)O[C@@H]1CO[P+](=O)OC[C@@H]1C[C@@H](COP(O)(O)=S)OC1n1cc(F)c2c(=O)[nH]cnc21. The Bertz CT molecular complexity index is 2250. The number of ether oxygens (including phenoxy) is 3. The van der Waals surface area contributed by atoms with E-state index in [9.17, 15) is 33.1 Å². The molecule has 2 aliphatic rings. The number of aromatic amines is 1. The second-order valence-corrected chi connectivity index (χ2v) is 18.6. The minimum absolute atomic E-state index is 0.00454. The minimum atomic E-state index is -4.00. The second kappa shape index (κ2) is 18.2. The van der Waals surface area contributed by atoms with E-state index in [1.807, 2.05) is 6.92 Å². The van der Waals surface area contributed by atoms with Crippen molar-refractivity contribution in [2.75, 3.05) is 38.7 Å². The van der Waals surface area contributed by atoms with Gasteiger partial charge in [-0.3, -0.25) is 14.2 Å². The van der Waals surface area contributed by atoms with E-state index < -0.39 is 68.6 Å². The first kappa shape index (κ1) is 43.7. The summed E-state index contributed by atoms with van der Waals surface area (Å²) in [5.74, 6) is -1.57. The molecule has 7 atom stereocenters. The van der Waals surface area contributed by atoms with E-state index in [4.69, 9.17) is 27.8 Å². The Kier molecular flexibility index (Phi) is 13.7. The van der Waals surface area contributed by atoms with Crippen molar-refractivity contribution in [1.82, 2.24) is 39.0 Å². The molecule has 2 fully saturated rings. The quantitative estimate of drug-likeness (QED) is 0.116. The minimum Gasteiger partial charge on any atom is -0.444 e. The topological polar surface area (TPSA) is 257 Å². The van der Waals surface area contributed by atoms with Gasteiger partial charge in [-0.15, -0.1) is 9.05 Å². The fraction of sp³-hybridized carbons (Fsp3) is 0.606. The highest BCUT2D eigenvalue weighted by Gasteiger charge is 2.42. The molecule has 0 saturated carbocycles. The van der Waals surface area contributed by atoms with Gasteiger partial charge in [0.2, 0.25) is 5.91 Å². The van der Waals surface area contributed by atoms with Gasteiger partial charge in [0.15, 0.2) is 28.4 Å². The summed E-state index contributed by atoms with van der Waals surface area (Å²) in [4.78, 5) is 77.2. The Hall–Kier alpha value is -3.89. The third-order valence-corrected chi connectivity index (χ3v) is 10.9. The number of fused-ring (bicyclic) bond motifs is 2. The van der Waals surface area contributed by atoms with E-state index in [0.717, 1.165) is 12.5 Å². The number of anilines is 1. The smallest absolute Gasteiger partial charge is 0.444 e. The van der Waals surface area contributed by atoms with Gasteiger partial charge in [-0.25, -0.2) is 29.1 Å². The number of amides is 2. The van der Waals surface area contributed by atoms with Crippen molar-refractivity contribution < 1.29 is 56.1 Å². The van der Waals surface area contributed by atoms with Crippen molar-refractivity contribution in [2.24, 2.45) is 11.8 Å². The van der Waals surface area contributed by atoms with Crippen LogP contribution in [0.3, 0.4) is 0 Å². The zero-order valence-corrected chi connectivity index (χ0v) is 34.8. The summed E-state index contributed by atoms with van der Waals surface area (Å²) in [6.45, 7) is 3.03. The molecule has 0 bridgehead atoms. The molecule has 25 heteroatoms. The molecule has 0 radical (unpaired) electrons. The Balaban J connectivity index is 1.02. The molecule has 2 saturated heterocycles. The number of rotatable bonds is 16. The maximum atomic E-state index is 14.8. The number of imidazole rings is 1. The molecule has 2 amide bonds. The van der Waals surface area contributed by atoms with E-state index in [2.05, 4.69) is 42.0 Å². The summed E-state index contributed by atoms with van der Waals surface area (Å²) in [5, 5.41) is 2.49. The van der Waals surface area contributed by atoms with Gasteiger partial charge in [0.25, 0.3) is 5.56 Å². The number of aromatic nitrogens is 7. The molecule has 58 heavy (non-hydrogen) atoms. The Morgan fingerprint density at radius 3 is 2.62 bits per heavy atom. The number of hydrogen-bond donors (Lipinski definition) is 4. The van der Waals surface area contributed by atoms with Gasteiger partial charge in [-0.2, -0.15) is 0 Å². The number of carbonyl (C=O) groups excluding carboxylic acids is 2. The first-order valence-corrected chi connectivity index (χ1v) is 22.0. The van der Waals surface area contributed by atoms with E-state index in [1.165, 1.54) is 22.1 Å². The van der Waals surface area contributed by atoms with Gasteiger partial charge in [-0.05, 0) is 57.8 Å². The van der Waals surface area contributed by atoms with Gasteiger partial charge < -0.3 is 48.3 Å². The van der Waals surface area contributed by atoms with E-state index >= 15 is 0 Å². The highest BCUT2D eigenvalue weighted by atomic mass is 32.5. The predicted octanol–water partition coefficient (Wildman–Crippen LogP) is 4.03. The van der Waals surface area contributed by atoms with Crippen LogP contribution in [0.25, 0.3) is 22.2 Å². The normalized spacial score (nSPS) is 22.8. The molecule has 0 aliphatic carbocycles. The van der Waals surface area contributed by atoms with Gasteiger partial charge in [0, 0.05) is 36.7 Å². The summed E-state index contributed by atoms with van der Waals surface area (Å²) in [6, 6.07) is 0. The predicted molar refractivity (Wildman–Crippen MR) is 206 cm³/mol. The molecule has 4 aromatic heterocycles. The van der Waals surface area contributed by atoms with Crippen molar-refractivity contribution in [3.63, 3.8) is 0 Å². The molecule has 21 nitrogen and oxygen atoms in total. The molecule has 0 aromatic carbocycles. The average molecular weight is 873 g/mol. The first-order chi connectivity index (χ1) is 27.4. The molecular weight excluding hydrogens is 827 g/mol. The summed E-state index contributed by atoms with van der Waals surface area (Å²) < 4.78 is 64.6. The molecular formula is C33H45FN9O12P2S+. The van der Waals surface area contributed by atoms with E-state index in [-0.39, 0.29) is 61.3 Å². The van der Waals surface area contributed by atoms with Gasteiger partial charge in [-0.1, -0.05) is 6.92 Å². The van der Waals surface area contributed by atoms with Crippen molar-refractivity contribution in [2.45, 2.75) is 83.6 Å². The van der Waals surface area contributed by atoms with E-state index in [1.54, 1.807) is 32.4 Å². The lowest BCUT2D eigenvalue weighted by molar-refractivity contribution is -0.116. The van der Waals surface area contributed by atoms with E-state index in [0.29, 0.717) is 30.6 Å². The molecule has 2 unspecified atom stereocenters. The fourth-order valence-electron chi connectivity index (χ4n) is 6.62. The van der Waals surface area contributed by atoms with Crippen LogP contribution in [-0.4, -0.2) is 112 Å². The summed E-state index contributed by atoms with van der Waals surface area (Å²) in [5.41, 5.74) is -0.530. The van der Waals surface area contributed by atoms with Crippen LogP contribution in [0, 0.1) is 17.7 Å². The Labute approximate surface area is 336 Å². The molecule has 4 aromatic rings. The summed E-state index contributed by atoms with van der Waals surface area (Å²) in [7, 11) is -1.08. The highest BCUT2D eigenvalue weighted by Crippen LogP contribution is 2.43. The van der Waals surface area contributed by atoms with Crippen molar-refractivity contribution >= 4 is 66.8 Å². The van der Waals surface area contributed by atoms with Crippen LogP contribution in [0.15, 0.2) is 30.0 Å². The molecule has 0 spiro atoms. The largest absolute Gasteiger partial charge is 0.697 e. The van der Waals surface area contributed by atoms with Crippen LogP contribution in [0.1, 0.15) is 65.8 Å². The number of halogens is 1. The zero-order chi connectivity index (χ0) is 41.9. The lowest BCUT2D eigenvalue weighted by Crippen LogP contribution is -2.35. The van der Waals surface area contributed by atoms with Crippen LogP contribution >= 0.6 is 15.0 Å². The maximum absolute atomic E-state index is 14.8. The monoisotopic (exact) mass is 872 g/mol. The molecule has 2 aliphatic heterocycles. The van der Waals surface area contributed by atoms with Crippen LogP contribution in [-0.2, 0) is 48.9 Å². The van der Waals surface area contributed by atoms with Crippen LogP contribution in [0.5, 0.6) is 0 Å². The highest BCUT2D eigenvalue weighted by molar-refractivity contribution is 8.06. The molecule has 6 rings (SSSR count). The average Bonchev–Trinajstić information content (AvgIpc) is 3.92. The summed E-state index contributed by atoms with van der Waals surface area (Å²) in [6.07, 6.45) is 3.08. The number of H-pyrrole nitrogens is 1. The standard InChI is InChI=1S/C33H44FN9O12P2S/c1-18-9-24(43-17-39-26-27(35-15-37-29(26)43)40-23(44)7-6-8-41(5)32(46)55-33(2,3)4)54-22(18)14-51-56(47)50-12-19-10-20(13-52-57(48,49)58)53-31(19)42-11-21(34)25-28(42)36-16-38-30(25)45/h11,15-20,22,24,31H,6-10,12-14H2,1-5H3,(H3-,35,36,37,38,40,44,45,48,49,58)/p+1/t18-,19-,20-,22+,24+,31?/m0/s1. The third kappa shape index (κ3) is 10.8.